The lowest BCUT2D eigenvalue weighted by molar-refractivity contribution is 0.225. The molecule has 0 bridgehead atoms. The van der Waals surface area contributed by atoms with Crippen LogP contribution in [0.15, 0.2) is 18.2 Å². The summed E-state index contributed by atoms with van der Waals surface area (Å²) in [6.45, 7) is 6.30. The quantitative estimate of drug-likeness (QED) is 0.883. The van der Waals surface area contributed by atoms with Gasteiger partial charge in [0, 0.05) is 6.04 Å². The number of aryl methyl sites for hydroxylation is 2. The zero-order valence-electron chi connectivity index (χ0n) is 12.0. The van der Waals surface area contributed by atoms with E-state index in [0.717, 1.165) is 12.2 Å². The third-order valence-corrected chi connectivity index (χ3v) is 3.45. The Hall–Kier alpha value is -1.53. The van der Waals surface area contributed by atoms with Gasteiger partial charge in [0.1, 0.15) is 17.9 Å². The first-order chi connectivity index (χ1) is 9.02. The van der Waals surface area contributed by atoms with Crippen molar-refractivity contribution in [1.82, 2.24) is 5.32 Å². The maximum Gasteiger partial charge on any atom is 0.138 e. The second-order valence-electron chi connectivity index (χ2n) is 5.82. The van der Waals surface area contributed by atoms with Crippen molar-refractivity contribution in [2.45, 2.75) is 51.6 Å². The zero-order valence-corrected chi connectivity index (χ0v) is 12.0. The third-order valence-electron chi connectivity index (χ3n) is 3.45. The molecule has 1 aliphatic carbocycles. The van der Waals surface area contributed by atoms with E-state index in [1.165, 1.54) is 24.0 Å². The normalized spacial score (nSPS) is 16.8. The number of nitriles is 1. The Morgan fingerprint density at radius 1 is 1.37 bits per heavy atom. The molecule has 0 saturated heterocycles. The monoisotopic (exact) mass is 258 g/mol. The van der Waals surface area contributed by atoms with Crippen LogP contribution in [0.4, 0.5) is 0 Å². The minimum Gasteiger partial charge on any atom is -0.491 e. The highest BCUT2D eigenvalue weighted by Crippen LogP contribution is 2.26. The summed E-state index contributed by atoms with van der Waals surface area (Å²) >= 11 is 0. The van der Waals surface area contributed by atoms with Gasteiger partial charge in [-0.3, -0.25) is 5.32 Å². The van der Waals surface area contributed by atoms with Crippen molar-refractivity contribution >= 4 is 0 Å². The molecule has 0 saturated carbocycles. The van der Waals surface area contributed by atoms with E-state index in [9.17, 15) is 5.26 Å². The van der Waals surface area contributed by atoms with Crippen LogP contribution >= 0.6 is 0 Å². The number of ether oxygens (including phenoxy) is 1. The van der Waals surface area contributed by atoms with Crippen molar-refractivity contribution in [3.63, 3.8) is 0 Å². The van der Waals surface area contributed by atoms with Crippen LogP contribution in [0.1, 0.15) is 38.3 Å². The smallest absolute Gasteiger partial charge is 0.138 e. The summed E-state index contributed by atoms with van der Waals surface area (Å²) in [4.78, 5) is 0. The van der Waals surface area contributed by atoms with E-state index < -0.39 is 5.54 Å². The summed E-state index contributed by atoms with van der Waals surface area (Å²) in [5.74, 6) is 0.868. The molecule has 0 radical (unpaired) electrons. The van der Waals surface area contributed by atoms with Gasteiger partial charge in [-0.25, -0.2) is 0 Å². The molecule has 3 heteroatoms. The highest BCUT2D eigenvalue weighted by molar-refractivity contribution is 5.38. The van der Waals surface area contributed by atoms with E-state index in [2.05, 4.69) is 23.5 Å². The first kappa shape index (κ1) is 13.9. The topological polar surface area (TPSA) is 45.0 Å². The van der Waals surface area contributed by atoms with E-state index in [4.69, 9.17) is 4.74 Å². The second kappa shape index (κ2) is 5.63. The minimum atomic E-state index is -0.646. The van der Waals surface area contributed by atoms with Crippen molar-refractivity contribution in [2.75, 3.05) is 6.61 Å². The van der Waals surface area contributed by atoms with Crippen LogP contribution < -0.4 is 10.1 Å². The van der Waals surface area contributed by atoms with Gasteiger partial charge in [0.2, 0.25) is 0 Å². The Morgan fingerprint density at radius 3 is 2.79 bits per heavy atom. The maximum atomic E-state index is 9.27. The van der Waals surface area contributed by atoms with Gasteiger partial charge in [-0.15, -0.1) is 0 Å². The van der Waals surface area contributed by atoms with E-state index in [-0.39, 0.29) is 6.04 Å². The molecule has 1 atom stereocenters. The van der Waals surface area contributed by atoms with Gasteiger partial charge in [-0.2, -0.15) is 5.26 Å². The van der Waals surface area contributed by atoms with E-state index in [0.29, 0.717) is 6.61 Å². The van der Waals surface area contributed by atoms with Gasteiger partial charge >= 0.3 is 0 Å². The zero-order chi connectivity index (χ0) is 13.9. The largest absolute Gasteiger partial charge is 0.491 e. The molecular weight excluding hydrogens is 236 g/mol. The molecular formula is C16H22N2O. The summed E-state index contributed by atoms with van der Waals surface area (Å²) in [6.07, 6.45) is 3.57. The fraction of sp³-hybridized carbons (Fsp3) is 0.562. The lowest BCUT2D eigenvalue weighted by atomic mass is 10.1. The highest BCUT2D eigenvalue weighted by atomic mass is 16.5. The van der Waals surface area contributed by atoms with Crippen LogP contribution in [0, 0.1) is 11.3 Å². The Bertz CT molecular complexity index is 490. The van der Waals surface area contributed by atoms with Gasteiger partial charge in [-0.05, 0) is 63.3 Å². The van der Waals surface area contributed by atoms with Gasteiger partial charge in [0.25, 0.3) is 0 Å². The molecule has 1 aliphatic rings. The van der Waals surface area contributed by atoms with Crippen molar-refractivity contribution < 1.29 is 4.74 Å². The molecule has 1 N–H and O–H groups in total. The number of nitrogens with one attached hydrogen (secondary N) is 1. The third kappa shape index (κ3) is 3.48. The molecule has 0 amide bonds. The van der Waals surface area contributed by atoms with Gasteiger partial charge < -0.3 is 4.74 Å². The number of hydrogen-bond donors (Lipinski definition) is 1. The van der Waals surface area contributed by atoms with Crippen LogP contribution in [0.5, 0.6) is 5.75 Å². The fourth-order valence-corrected chi connectivity index (χ4v) is 2.61. The van der Waals surface area contributed by atoms with Crippen LogP contribution in [-0.4, -0.2) is 18.2 Å². The van der Waals surface area contributed by atoms with Crippen molar-refractivity contribution in [2.24, 2.45) is 0 Å². The first-order valence-corrected chi connectivity index (χ1v) is 6.96. The average molecular weight is 258 g/mol. The Labute approximate surface area is 115 Å². The fourth-order valence-electron chi connectivity index (χ4n) is 2.61. The Balaban J connectivity index is 2.00. The summed E-state index contributed by atoms with van der Waals surface area (Å²) in [6, 6.07) is 8.84. The van der Waals surface area contributed by atoms with E-state index in [1.807, 2.05) is 26.8 Å². The standard InChI is InChI=1S/C16H22N2O/c1-12(2)18-16(3,10-17)11-19-15-8-7-13-5-4-6-14(13)9-15/h7-9,12,18H,4-6,11H2,1-3H3. The number of fused-ring (bicyclic) bond motifs is 1. The Kier molecular flexibility index (Phi) is 4.11. The van der Waals surface area contributed by atoms with E-state index >= 15 is 0 Å². The van der Waals surface area contributed by atoms with Crippen LogP contribution in [-0.2, 0) is 12.8 Å². The minimum absolute atomic E-state index is 0.258. The first-order valence-electron chi connectivity index (χ1n) is 6.96. The maximum absolute atomic E-state index is 9.27. The predicted octanol–water partition coefficient (Wildman–Crippen LogP) is 2.83. The summed E-state index contributed by atoms with van der Waals surface area (Å²) in [5, 5.41) is 12.5. The molecule has 1 aromatic carbocycles. The molecule has 0 spiro atoms. The molecule has 1 aromatic rings. The molecule has 3 nitrogen and oxygen atoms in total. The molecule has 0 fully saturated rings. The van der Waals surface area contributed by atoms with E-state index in [1.54, 1.807) is 0 Å². The molecule has 0 aromatic heterocycles. The van der Waals surface area contributed by atoms with Crippen molar-refractivity contribution in [1.29, 1.82) is 5.26 Å². The van der Waals surface area contributed by atoms with Crippen molar-refractivity contribution in [3.8, 4) is 11.8 Å². The SMILES string of the molecule is CC(C)NC(C)(C#N)COc1ccc2c(c1)CCC2. The summed E-state index contributed by atoms with van der Waals surface area (Å²) in [5.41, 5.74) is 2.19. The van der Waals surface area contributed by atoms with Gasteiger partial charge in [0.15, 0.2) is 0 Å². The number of hydrogen-bond acceptors (Lipinski definition) is 3. The molecule has 0 heterocycles. The van der Waals surface area contributed by atoms with Gasteiger partial charge in [-0.1, -0.05) is 6.07 Å². The van der Waals surface area contributed by atoms with Crippen molar-refractivity contribution in [3.05, 3.63) is 29.3 Å². The summed E-state index contributed by atoms with van der Waals surface area (Å²) in [7, 11) is 0. The average Bonchev–Trinajstić information content (AvgIpc) is 2.83. The van der Waals surface area contributed by atoms with Crippen LogP contribution in [0.25, 0.3) is 0 Å². The Morgan fingerprint density at radius 2 is 2.11 bits per heavy atom. The molecule has 0 aliphatic heterocycles. The van der Waals surface area contributed by atoms with Crippen LogP contribution in [0.3, 0.4) is 0 Å². The number of benzene rings is 1. The van der Waals surface area contributed by atoms with Gasteiger partial charge in [0.05, 0.1) is 6.07 Å². The summed E-state index contributed by atoms with van der Waals surface area (Å²) < 4.78 is 5.80. The second-order valence-corrected chi connectivity index (χ2v) is 5.82. The lowest BCUT2D eigenvalue weighted by Crippen LogP contribution is -2.49. The lowest BCUT2D eigenvalue weighted by Gasteiger charge is -2.26. The predicted molar refractivity (Wildman–Crippen MR) is 76.3 cm³/mol. The molecule has 102 valence electrons. The highest BCUT2D eigenvalue weighted by Gasteiger charge is 2.25. The molecule has 2 rings (SSSR count). The van der Waals surface area contributed by atoms with Crippen LogP contribution in [0.2, 0.25) is 0 Å². The number of rotatable bonds is 5. The molecule has 1 unspecified atom stereocenters. The number of nitrogens with zero attached hydrogens (tertiary/aromatic N) is 1. The molecule has 19 heavy (non-hydrogen) atoms.